The van der Waals surface area contributed by atoms with Gasteiger partial charge >= 0.3 is 0 Å². The molecule has 0 bridgehead atoms. The zero-order valence-corrected chi connectivity index (χ0v) is 14.4. The van der Waals surface area contributed by atoms with Gasteiger partial charge in [-0.05, 0) is 45.1 Å². The average molecular weight is 297 g/mol. The van der Waals surface area contributed by atoms with Gasteiger partial charge in [-0.1, -0.05) is 6.92 Å². The molecule has 2 rings (SSSR count). The highest BCUT2D eigenvalue weighted by Gasteiger charge is 2.35. The molecular formula is C17H35N3O. The molecule has 2 heterocycles. The monoisotopic (exact) mass is 297 g/mol. The summed E-state index contributed by atoms with van der Waals surface area (Å²) in [4.78, 5) is 5.29. The lowest BCUT2D eigenvalue weighted by Gasteiger charge is -2.44. The molecule has 0 saturated carbocycles. The van der Waals surface area contributed by atoms with Crippen LogP contribution in [-0.2, 0) is 4.74 Å². The minimum absolute atomic E-state index is 0.438. The lowest BCUT2D eigenvalue weighted by molar-refractivity contribution is -0.0141. The van der Waals surface area contributed by atoms with Crippen LogP contribution in [0.5, 0.6) is 0 Å². The molecule has 0 atom stereocenters. The van der Waals surface area contributed by atoms with Crippen LogP contribution in [0.15, 0.2) is 0 Å². The summed E-state index contributed by atoms with van der Waals surface area (Å²) in [6.45, 7) is 17.2. The molecule has 21 heavy (non-hydrogen) atoms. The van der Waals surface area contributed by atoms with E-state index in [0.717, 1.165) is 26.3 Å². The lowest BCUT2D eigenvalue weighted by atomic mass is 9.79. The zero-order valence-electron chi connectivity index (χ0n) is 14.4. The molecule has 0 unspecified atom stereocenters. The van der Waals surface area contributed by atoms with E-state index < -0.39 is 0 Å². The maximum absolute atomic E-state index is 5.61. The molecule has 0 radical (unpaired) electrons. The Hall–Kier alpha value is -0.160. The van der Waals surface area contributed by atoms with Crippen molar-refractivity contribution in [1.82, 2.24) is 15.1 Å². The fraction of sp³-hybridized carbons (Fsp3) is 1.00. The van der Waals surface area contributed by atoms with Gasteiger partial charge in [0.25, 0.3) is 0 Å². The predicted octanol–water partition coefficient (Wildman–Crippen LogP) is 1.81. The third kappa shape index (κ3) is 5.20. The van der Waals surface area contributed by atoms with Gasteiger partial charge in [-0.2, -0.15) is 0 Å². The van der Waals surface area contributed by atoms with E-state index in [0.29, 0.717) is 11.5 Å². The van der Waals surface area contributed by atoms with Gasteiger partial charge in [-0.3, -0.25) is 4.90 Å². The Morgan fingerprint density at radius 3 is 2.33 bits per heavy atom. The van der Waals surface area contributed by atoms with Gasteiger partial charge in [0.05, 0.1) is 0 Å². The van der Waals surface area contributed by atoms with Crippen LogP contribution in [0.1, 0.15) is 40.0 Å². The Balaban J connectivity index is 1.84. The quantitative estimate of drug-likeness (QED) is 0.725. The minimum atomic E-state index is 0.438. The molecule has 0 spiro atoms. The first-order chi connectivity index (χ1) is 10.2. The minimum Gasteiger partial charge on any atom is -0.381 e. The summed E-state index contributed by atoms with van der Waals surface area (Å²) < 4.78 is 5.61. The molecule has 0 amide bonds. The maximum Gasteiger partial charge on any atom is 0.0472 e. The van der Waals surface area contributed by atoms with E-state index in [2.05, 4.69) is 35.9 Å². The number of nitrogens with zero attached hydrogens (tertiary/aromatic N) is 2. The van der Waals surface area contributed by atoms with Crippen molar-refractivity contribution in [2.45, 2.75) is 46.1 Å². The fourth-order valence-electron chi connectivity index (χ4n) is 3.64. The lowest BCUT2D eigenvalue weighted by Crippen LogP contribution is -2.54. The number of rotatable bonds is 7. The first kappa shape index (κ1) is 17.2. The topological polar surface area (TPSA) is 27.7 Å². The Kier molecular flexibility index (Phi) is 6.93. The van der Waals surface area contributed by atoms with Gasteiger partial charge in [0, 0.05) is 58.5 Å². The van der Waals surface area contributed by atoms with Crippen molar-refractivity contribution in [3.05, 3.63) is 0 Å². The van der Waals surface area contributed by atoms with Crippen molar-refractivity contribution in [3.63, 3.8) is 0 Å². The molecular weight excluding hydrogens is 262 g/mol. The van der Waals surface area contributed by atoms with Crippen molar-refractivity contribution in [1.29, 1.82) is 0 Å². The number of nitrogens with one attached hydrogen (secondary N) is 1. The summed E-state index contributed by atoms with van der Waals surface area (Å²) in [5, 5.41) is 3.67. The molecule has 4 nitrogen and oxygen atoms in total. The van der Waals surface area contributed by atoms with Crippen molar-refractivity contribution in [2.24, 2.45) is 5.41 Å². The van der Waals surface area contributed by atoms with Crippen molar-refractivity contribution in [2.75, 3.05) is 59.0 Å². The SMILES string of the molecule is CCCNCC1(CN2CCN(C(C)C)CC2)CCOCC1. The summed E-state index contributed by atoms with van der Waals surface area (Å²) in [5.41, 5.74) is 0.438. The number of hydrogen-bond acceptors (Lipinski definition) is 4. The summed E-state index contributed by atoms with van der Waals surface area (Å²) >= 11 is 0. The van der Waals surface area contributed by atoms with Crippen LogP contribution in [0.4, 0.5) is 0 Å². The highest BCUT2D eigenvalue weighted by molar-refractivity contribution is 4.89. The van der Waals surface area contributed by atoms with Crippen LogP contribution >= 0.6 is 0 Å². The first-order valence-electron chi connectivity index (χ1n) is 8.90. The second-order valence-electron chi connectivity index (χ2n) is 7.20. The van der Waals surface area contributed by atoms with Gasteiger partial charge in [0.1, 0.15) is 0 Å². The maximum atomic E-state index is 5.61. The molecule has 0 aromatic rings. The third-order valence-corrected chi connectivity index (χ3v) is 5.18. The molecule has 4 heteroatoms. The molecule has 1 N–H and O–H groups in total. The number of ether oxygens (including phenoxy) is 1. The second-order valence-corrected chi connectivity index (χ2v) is 7.20. The van der Waals surface area contributed by atoms with Gasteiger partial charge in [-0.15, -0.1) is 0 Å². The van der Waals surface area contributed by atoms with Crippen LogP contribution < -0.4 is 5.32 Å². The largest absolute Gasteiger partial charge is 0.381 e. The van der Waals surface area contributed by atoms with Crippen LogP contribution in [0.2, 0.25) is 0 Å². The third-order valence-electron chi connectivity index (χ3n) is 5.18. The Morgan fingerprint density at radius 1 is 1.10 bits per heavy atom. The number of piperazine rings is 1. The van der Waals surface area contributed by atoms with Gasteiger partial charge in [-0.25, -0.2) is 0 Å². The second kappa shape index (κ2) is 8.47. The number of hydrogen-bond donors (Lipinski definition) is 1. The van der Waals surface area contributed by atoms with Gasteiger partial charge in [0.15, 0.2) is 0 Å². The van der Waals surface area contributed by atoms with E-state index >= 15 is 0 Å². The Bertz CT molecular complexity index is 282. The summed E-state index contributed by atoms with van der Waals surface area (Å²) in [5.74, 6) is 0. The average Bonchev–Trinajstić information content (AvgIpc) is 2.49. The zero-order chi connectivity index (χ0) is 15.1. The van der Waals surface area contributed by atoms with Crippen LogP contribution in [-0.4, -0.2) is 74.9 Å². The molecule has 0 aromatic carbocycles. The normalized spacial score (nSPS) is 24.6. The predicted molar refractivity (Wildman–Crippen MR) is 88.8 cm³/mol. The van der Waals surface area contributed by atoms with E-state index in [1.807, 2.05) is 0 Å². The fourth-order valence-corrected chi connectivity index (χ4v) is 3.64. The Labute approximate surface area is 131 Å². The van der Waals surface area contributed by atoms with E-state index in [9.17, 15) is 0 Å². The van der Waals surface area contributed by atoms with Crippen molar-refractivity contribution >= 4 is 0 Å². The van der Waals surface area contributed by atoms with Gasteiger partial charge < -0.3 is 15.0 Å². The van der Waals surface area contributed by atoms with E-state index in [1.54, 1.807) is 0 Å². The van der Waals surface area contributed by atoms with E-state index in [4.69, 9.17) is 4.74 Å². The highest BCUT2D eigenvalue weighted by atomic mass is 16.5. The summed E-state index contributed by atoms with van der Waals surface area (Å²) in [6, 6.07) is 0.690. The van der Waals surface area contributed by atoms with Crippen LogP contribution in [0.3, 0.4) is 0 Å². The molecule has 0 aromatic heterocycles. The molecule has 124 valence electrons. The first-order valence-corrected chi connectivity index (χ1v) is 8.90. The van der Waals surface area contributed by atoms with Crippen LogP contribution in [0, 0.1) is 5.41 Å². The van der Waals surface area contributed by atoms with Crippen molar-refractivity contribution in [3.8, 4) is 0 Å². The molecule has 2 aliphatic rings. The molecule has 0 aliphatic carbocycles. The van der Waals surface area contributed by atoms with Crippen molar-refractivity contribution < 1.29 is 4.74 Å². The molecule has 2 saturated heterocycles. The van der Waals surface area contributed by atoms with E-state index in [1.165, 1.54) is 52.0 Å². The van der Waals surface area contributed by atoms with Gasteiger partial charge in [0.2, 0.25) is 0 Å². The Morgan fingerprint density at radius 2 is 1.76 bits per heavy atom. The highest BCUT2D eigenvalue weighted by Crippen LogP contribution is 2.31. The van der Waals surface area contributed by atoms with Crippen LogP contribution in [0.25, 0.3) is 0 Å². The standard InChI is InChI=1S/C17H35N3O/c1-4-7-18-14-17(5-12-21-13-6-17)15-19-8-10-20(11-9-19)16(2)3/h16,18H,4-15H2,1-3H3. The smallest absolute Gasteiger partial charge is 0.0472 e. The molecule has 2 aliphatic heterocycles. The van der Waals surface area contributed by atoms with E-state index in [-0.39, 0.29) is 0 Å². The summed E-state index contributed by atoms with van der Waals surface area (Å²) in [6.07, 6.45) is 3.65. The summed E-state index contributed by atoms with van der Waals surface area (Å²) in [7, 11) is 0. The molecule has 2 fully saturated rings.